The summed E-state index contributed by atoms with van der Waals surface area (Å²) in [5, 5.41) is -0.0165. The van der Waals surface area contributed by atoms with Crippen LogP contribution in [-0.2, 0) is 12.7 Å². The lowest BCUT2D eigenvalue weighted by Gasteiger charge is -2.35. The molecule has 1 saturated heterocycles. The average molecular weight is 507 g/mol. The molecule has 1 fully saturated rings. The van der Waals surface area contributed by atoms with Crippen molar-refractivity contribution in [2.75, 3.05) is 38.5 Å². The monoisotopic (exact) mass is 506 g/mol. The molecule has 1 aliphatic heterocycles. The van der Waals surface area contributed by atoms with Gasteiger partial charge in [-0.1, -0.05) is 36.4 Å². The van der Waals surface area contributed by atoms with Gasteiger partial charge in [-0.25, -0.2) is 8.78 Å². The normalized spacial score (nSPS) is 15.6. The summed E-state index contributed by atoms with van der Waals surface area (Å²) in [6, 6.07) is 18.3. The molecule has 0 atom stereocenters. The van der Waals surface area contributed by atoms with E-state index in [4.69, 9.17) is 0 Å². The number of alkyl halides is 3. The zero-order valence-corrected chi connectivity index (χ0v) is 20.0. The topological polar surface area (TPSA) is 6.48 Å². The fourth-order valence-corrected chi connectivity index (χ4v) is 5.49. The summed E-state index contributed by atoms with van der Waals surface area (Å²) in [5.74, 6) is 0.287. The van der Waals surface area contributed by atoms with Gasteiger partial charge in [0.15, 0.2) is 0 Å². The van der Waals surface area contributed by atoms with Gasteiger partial charge in [0.25, 0.3) is 0 Å². The molecule has 0 spiro atoms. The first-order valence-electron chi connectivity index (χ1n) is 11.5. The Morgan fingerprint density at radius 1 is 0.686 bits per heavy atom. The molecule has 3 aromatic rings. The number of halogens is 5. The van der Waals surface area contributed by atoms with Gasteiger partial charge >= 0.3 is 6.18 Å². The van der Waals surface area contributed by atoms with Crippen LogP contribution in [0.2, 0.25) is 0 Å². The number of hydrogen-bond donors (Lipinski definition) is 0. The van der Waals surface area contributed by atoms with E-state index < -0.39 is 11.7 Å². The number of nitrogens with zero attached hydrogens (tertiary/aromatic N) is 2. The van der Waals surface area contributed by atoms with Crippen molar-refractivity contribution in [3.63, 3.8) is 0 Å². The van der Waals surface area contributed by atoms with Gasteiger partial charge in [0.05, 0.1) is 10.8 Å². The molecule has 1 heterocycles. The molecule has 1 aliphatic rings. The summed E-state index contributed by atoms with van der Waals surface area (Å²) in [6.45, 7) is 5.00. The van der Waals surface area contributed by atoms with E-state index in [1.165, 1.54) is 24.3 Å². The Balaban J connectivity index is 1.27. The quantitative estimate of drug-likeness (QED) is 0.317. The van der Waals surface area contributed by atoms with Crippen LogP contribution in [0.3, 0.4) is 0 Å². The van der Waals surface area contributed by atoms with Gasteiger partial charge in [-0.3, -0.25) is 9.80 Å². The lowest BCUT2D eigenvalue weighted by Crippen LogP contribution is -2.46. The van der Waals surface area contributed by atoms with Gasteiger partial charge in [-0.15, -0.1) is 11.8 Å². The largest absolute Gasteiger partial charge is 0.416 e. The summed E-state index contributed by atoms with van der Waals surface area (Å²) < 4.78 is 65.1. The third kappa shape index (κ3) is 7.29. The van der Waals surface area contributed by atoms with E-state index >= 15 is 0 Å². The third-order valence-electron chi connectivity index (χ3n) is 6.19. The lowest BCUT2D eigenvalue weighted by atomic mass is 10.0. The van der Waals surface area contributed by atoms with Crippen molar-refractivity contribution >= 4 is 11.8 Å². The van der Waals surface area contributed by atoms with Crippen LogP contribution in [0.1, 0.15) is 27.5 Å². The number of rotatable bonds is 8. The maximum absolute atomic E-state index is 13.4. The molecule has 0 bridgehead atoms. The summed E-state index contributed by atoms with van der Waals surface area (Å²) >= 11 is 1.75. The molecule has 0 saturated carbocycles. The predicted octanol–water partition coefficient (Wildman–Crippen LogP) is 6.62. The highest BCUT2D eigenvalue weighted by Crippen LogP contribution is 2.36. The standard InChI is InChI=1S/C27H27F5N2S/c28-24-9-3-21(4-10-24)26(22-5-11-25(29)12-6-22)35-18-17-33-13-15-34(16-14-33)19-20-1-7-23(8-2-20)27(30,31)32/h1-12,26H,13-19H2. The van der Waals surface area contributed by atoms with E-state index in [1.807, 2.05) is 0 Å². The maximum atomic E-state index is 13.4. The Morgan fingerprint density at radius 2 is 1.17 bits per heavy atom. The number of benzene rings is 3. The number of hydrogen-bond acceptors (Lipinski definition) is 3. The Bertz CT molecular complexity index is 1020. The van der Waals surface area contributed by atoms with Crippen molar-refractivity contribution in [3.05, 3.63) is 107 Å². The summed E-state index contributed by atoms with van der Waals surface area (Å²) in [4.78, 5) is 4.63. The van der Waals surface area contributed by atoms with E-state index in [1.54, 1.807) is 48.2 Å². The maximum Gasteiger partial charge on any atom is 0.416 e. The third-order valence-corrected chi connectivity index (χ3v) is 7.49. The van der Waals surface area contributed by atoms with E-state index in [0.717, 1.165) is 67.3 Å². The second kappa shape index (κ2) is 11.5. The van der Waals surface area contributed by atoms with Gasteiger partial charge in [0.1, 0.15) is 11.6 Å². The van der Waals surface area contributed by atoms with Crippen LogP contribution >= 0.6 is 11.8 Å². The van der Waals surface area contributed by atoms with Crippen LogP contribution in [0.4, 0.5) is 22.0 Å². The van der Waals surface area contributed by atoms with Crippen LogP contribution in [-0.4, -0.2) is 48.3 Å². The van der Waals surface area contributed by atoms with Crippen LogP contribution in [0.15, 0.2) is 72.8 Å². The Morgan fingerprint density at radius 3 is 1.66 bits per heavy atom. The van der Waals surface area contributed by atoms with Gasteiger partial charge in [-0.05, 0) is 53.1 Å². The molecule has 8 heteroatoms. The SMILES string of the molecule is Fc1ccc(C(SCCN2CCN(Cc3ccc(C(F)(F)F)cc3)CC2)c2ccc(F)cc2)cc1. The smallest absolute Gasteiger partial charge is 0.300 e. The zero-order chi connectivity index (χ0) is 24.8. The van der Waals surface area contributed by atoms with Crippen LogP contribution in [0.5, 0.6) is 0 Å². The van der Waals surface area contributed by atoms with Crippen molar-refractivity contribution < 1.29 is 22.0 Å². The Hall–Kier alpha value is -2.42. The number of piperazine rings is 1. The van der Waals surface area contributed by atoms with Crippen LogP contribution < -0.4 is 0 Å². The summed E-state index contributed by atoms with van der Waals surface area (Å²) in [7, 11) is 0. The van der Waals surface area contributed by atoms with Crippen LogP contribution in [0, 0.1) is 11.6 Å². The fraction of sp³-hybridized carbons (Fsp3) is 0.333. The first kappa shape index (κ1) is 25.7. The first-order chi connectivity index (χ1) is 16.8. The minimum Gasteiger partial charge on any atom is -0.300 e. The summed E-state index contributed by atoms with van der Waals surface area (Å²) in [6.07, 6.45) is -4.31. The molecule has 3 aromatic carbocycles. The highest BCUT2D eigenvalue weighted by atomic mass is 32.2. The first-order valence-corrected chi connectivity index (χ1v) is 12.6. The second-order valence-corrected chi connectivity index (χ2v) is 9.88. The summed E-state index contributed by atoms with van der Waals surface area (Å²) in [5.41, 5.74) is 2.21. The molecule has 0 aromatic heterocycles. The molecule has 0 unspecified atom stereocenters. The van der Waals surface area contributed by atoms with E-state index in [0.29, 0.717) is 6.54 Å². The molecule has 2 nitrogen and oxygen atoms in total. The molecule has 0 aliphatic carbocycles. The number of thioether (sulfide) groups is 1. The van der Waals surface area contributed by atoms with E-state index in [-0.39, 0.29) is 16.9 Å². The van der Waals surface area contributed by atoms with Crippen molar-refractivity contribution in [1.82, 2.24) is 9.80 Å². The minimum atomic E-state index is -4.31. The molecule has 0 radical (unpaired) electrons. The minimum absolute atomic E-state index is 0.0165. The fourth-order valence-electron chi connectivity index (χ4n) is 4.19. The molecular formula is C27H27F5N2S. The van der Waals surface area contributed by atoms with Crippen molar-refractivity contribution in [2.45, 2.75) is 18.0 Å². The predicted molar refractivity (Wildman–Crippen MR) is 130 cm³/mol. The average Bonchev–Trinajstić information content (AvgIpc) is 2.84. The van der Waals surface area contributed by atoms with Crippen LogP contribution in [0.25, 0.3) is 0 Å². The van der Waals surface area contributed by atoms with E-state index in [2.05, 4.69) is 9.80 Å². The molecule has 35 heavy (non-hydrogen) atoms. The van der Waals surface area contributed by atoms with Gasteiger partial charge < -0.3 is 0 Å². The van der Waals surface area contributed by atoms with Crippen molar-refractivity contribution in [2.24, 2.45) is 0 Å². The molecule has 0 amide bonds. The van der Waals surface area contributed by atoms with E-state index in [9.17, 15) is 22.0 Å². The highest BCUT2D eigenvalue weighted by molar-refractivity contribution is 7.99. The zero-order valence-electron chi connectivity index (χ0n) is 19.1. The van der Waals surface area contributed by atoms with Gasteiger partial charge in [-0.2, -0.15) is 13.2 Å². The van der Waals surface area contributed by atoms with Gasteiger partial charge in [0.2, 0.25) is 0 Å². The lowest BCUT2D eigenvalue weighted by molar-refractivity contribution is -0.137. The Labute approximate surface area is 206 Å². The molecule has 186 valence electrons. The Kier molecular flexibility index (Phi) is 8.46. The molecule has 4 rings (SSSR count). The molecular weight excluding hydrogens is 479 g/mol. The van der Waals surface area contributed by atoms with Crippen molar-refractivity contribution in [1.29, 1.82) is 0 Å². The second-order valence-electron chi connectivity index (χ2n) is 8.67. The van der Waals surface area contributed by atoms with Gasteiger partial charge in [0, 0.05) is 45.0 Å². The molecule has 0 N–H and O–H groups in total. The highest BCUT2D eigenvalue weighted by Gasteiger charge is 2.30. The van der Waals surface area contributed by atoms with Crippen molar-refractivity contribution in [3.8, 4) is 0 Å².